The van der Waals surface area contributed by atoms with Crippen molar-refractivity contribution in [2.24, 2.45) is 15.5 Å². The SMILES string of the molecule is O=Nc1c(NO)c(=O)c(=N/O)/c1=N/O. The molecule has 0 aliphatic heterocycles. The number of nitroso groups, excluding NO2 is 1. The lowest BCUT2D eigenvalue weighted by molar-refractivity contribution is 0.287. The summed E-state index contributed by atoms with van der Waals surface area (Å²) in [6.07, 6.45) is 0. The Morgan fingerprint density at radius 3 is 2.07 bits per heavy atom. The van der Waals surface area contributed by atoms with Crippen LogP contribution < -0.4 is 21.6 Å². The summed E-state index contributed by atoms with van der Waals surface area (Å²) in [7, 11) is 0. The molecule has 0 fully saturated rings. The van der Waals surface area contributed by atoms with Gasteiger partial charge in [-0.05, 0) is 5.18 Å². The first kappa shape index (κ1) is 9.80. The molecule has 0 unspecified atom stereocenters. The van der Waals surface area contributed by atoms with Crippen LogP contribution in [-0.2, 0) is 0 Å². The molecule has 0 saturated heterocycles. The third kappa shape index (κ3) is 1.11. The van der Waals surface area contributed by atoms with Crippen LogP contribution in [0.25, 0.3) is 0 Å². The van der Waals surface area contributed by atoms with Crippen LogP contribution >= 0.6 is 0 Å². The molecule has 0 amide bonds. The molecule has 0 bridgehead atoms. The first-order chi connectivity index (χ1) is 6.71. The van der Waals surface area contributed by atoms with Gasteiger partial charge in [0.25, 0.3) is 0 Å². The van der Waals surface area contributed by atoms with Crippen LogP contribution in [-0.4, -0.2) is 15.6 Å². The normalized spacial score (nSPS) is 13.2. The lowest BCUT2D eigenvalue weighted by Gasteiger charge is -1.89. The standard InChI is InChI=1S/C5H4N4O5/c10-5-3(8-13)1(6-11)2(7-12)4(5)9-14/h8,12-14H/b7-2+,9-4+. The van der Waals surface area contributed by atoms with E-state index >= 15 is 0 Å². The van der Waals surface area contributed by atoms with E-state index in [1.54, 1.807) is 0 Å². The molecule has 0 radical (unpaired) electrons. The average molecular weight is 200 g/mol. The van der Waals surface area contributed by atoms with E-state index in [4.69, 9.17) is 15.6 Å². The van der Waals surface area contributed by atoms with Gasteiger partial charge in [-0.15, -0.1) is 4.91 Å². The van der Waals surface area contributed by atoms with Crippen molar-refractivity contribution in [2.45, 2.75) is 0 Å². The van der Waals surface area contributed by atoms with Gasteiger partial charge in [-0.2, -0.15) is 0 Å². The van der Waals surface area contributed by atoms with Crippen molar-refractivity contribution in [3.63, 3.8) is 0 Å². The summed E-state index contributed by atoms with van der Waals surface area (Å²) >= 11 is 0. The van der Waals surface area contributed by atoms with E-state index in [2.05, 4.69) is 15.5 Å². The molecule has 0 aromatic heterocycles. The molecule has 0 spiro atoms. The summed E-state index contributed by atoms with van der Waals surface area (Å²) in [5.41, 5.74) is -0.849. The molecule has 0 heterocycles. The number of nitrogens with zero attached hydrogens (tertiary/aromatic N) is 3. The van der Waals surface area contributed by atoms with Gasteiger partial charge in [0.1, 0.15) is 5.69 Å². The molecule has 1 aromatic rings. The smallest absolute Gasteiger partial charge is 0.237 e. The van der Waals surface area contributed by atoms with Crippen LogP contribution in [0.15, 0.2) is 20.3 Å². The van der Waals surface area contributed by atoms with Crippen molar-refractivity contribution >= 4 is 11.4 Å². The Balaban J connectivity index is 3.93. The monoisotopic (exact) mass is 200 g/mol. The maximum absolute atomic E-state index is 11.1. The van der Waals surface area contributed by atoms with Gasteiger partial charge >= 0.3 is 0 Å². The maximum atomic E-state index is 11.1. The van der Waals surface area contributed by atoms with Crippen molar-refractivity contribution in [1.82, 2.24) is 0 Å². The second-order valence-corrected chi connectivity index (χ2v) is 2.15. The van der Waals surface area contributed by atoms with Gasteiger partial charge < -0.3 is 10.4 Å². The fourth-order valence-corrected chi connectivity index (χ4v) is 0.944. The zero-order valence-corrected chi connectivity index (χ0v) is 6.50. The molecule has 14 heavy (non-hydrogen) atoms. The molecule has 9 heteroatoms. The summed E-state index contributed by atoms with van der Waals surface area (Å²) in [6.45, 7) is 0. The summed E-state index contributed by atoms with van der Waals surface area (Å²) in [6, 6.07) is 0. The molecular weight excluding hydrogens is 196 g/mol. The molecule has 9 nitrogen and oxygen atoms in total. The number of hydrogen-bond acceptors (Lipinski definition) is 9. The predicted octanol–water partition coefficient (Wildman–Crippen LogP) is -1.30. The molecule has 0 aliphatic rings. The van der Waals surface area contributed by atoms with Gasteiger partial charge in [0.05, 0.1) is 0 Å². The Morgan fingerprint density at radius 2 is 1.71 bits per heavy atom. The maximum Gasteiger partial charge on any atom is 0.237 e. The van der Waals surface area contributed by atoms with Gasteiger partial charge in [0, 0.05) is 0 Å². The molecular formula is C5H4N4O5. The Bertz CT molecular complexity index is 511. The summed E-state index contributed by atoms with van der Waals surface area (Å²) in [5.74, 6) is 0. The highest BCUT2D eigenvalue weighted by molar-refractivity contribution is 5.64. The Morgan fingerprint density at radius 1 is 1.14 bits per heavy atom. The van der Waals surface area contributed by atoms with Gasteiger partial charge in [0.2, 0.25) is 5.43 Å². The Labute approximate surface area is 74.9 Å². The van der Waals surface area contributed by atoms with E-state index in [1.807, 2.05) is 0 Å². The van der Waals surface area contributed by atoms with Crippen LogP contribution in [0.3, 0.4) is 0 Å². The first-order valence-corrected chi connectivity index (χ1v) is 3.18. The summed E-state index contributed by atoms with van der Waals surface area (Å²) < 4.78 is 0. The van der Waals surface area contributed by atoms with Crippen LogP contribution in [0.1, 0.15) is 0 Å². The van der Waals surface area contributed by atoms with Gasteiger partial charge in [-0.3, -0.25) is 15.5 Å². The summed E-state index contributed by atoms with van der Waals surface area (Å²) in [4.78, 5) is 21.4. The average Bonchev–Trinajstić information content (AvgIpc) is 2.48. The molecule has 0 atom stereocenters. The lowest BCUT2D eigenvalue weighted by Crippen LogP contribution is -2.32. The van der Waals surface area contributed by atoms with Crippen molar-refractivity contribution in [1.29, 1.82) is 0 Å². The predicted molar refractivity (Wildman–Crippen MR) is 40.6 cm³/mol. The first-order valence-electron chi connectivity index (χ1n) is 3.18. The van der Waals surface area contributed by atoms with Crippen LogP contribution in [0.2, 0.25) is 0 Å². The van der Waals surface area contributed by atoms with E-state index in [0.29, 0.717) is 0 Å². The van der Waals surface area contributed by atoms with Gasteiger partial charge in [0.15, 0.2) is 16.4 Å². The minimum atomic E-state index is -1.00. The topological polar surface area (TPSA) is 144 Å². The molecule has 74 valence electrons. The van der Waals surface area contributed by atoms with Crippen LogP contribution in [0.4, 0.5) is 11.4 Å². The Kier molecular flexibility index (Phi) is 2.53. The number of nitrogens with one attached hydrogen (secondary N) is 1. The highest BCUT2D eigenvalue weighted by Crippen LogP contribution is 2.12. The van der Waals surface area contributed by atoms with Crippen molar-refractivity contribution < 1.29 is 15.6 Å². The number of anilines is 1. The van der Waals surface area contributed by atoms with Gasteiger partial charge in [-0.1, -0.05) is 10.3 Å². The Hall–Kier alpha value is -2.29. The zero-order chi connectivity index (χ0) is 10.7. The molecule has 0 aliphatic carbocycles. The van der Waals surface area contributed by atoms with E-state index in [0.717, 1.165) is 0 Å². The second kappa shape index (κ2) is 3.62. The fraction of sp³-hybridized carbons (Fsp3) is 0. The van der Waals surface area contributed by atoms with Crippen molar-refractivity contribution in [3.05, 3.63) is 25.8 Å². The van der Waals surface area contributed by atoms with Gasteiger partial charge in [-0.25, -0.2) is 0 Å². The molecule has 1 rings (SSSR count). The highest BCUT2D eigenvalue weighted by atomic mass is 16.5. The number of hydrogen-bond donors (Lipinski definition) is 4. The molecule has 0 saturated carbocycles. The fourth-order valence-electron chi connectivity index (χ4n) is 0.944. The molecule has 4 N–H and O–H groups in total. The van der Waals surface area contributed by atoms with E-state index in [-0.39, 0.29) is 0 Å². The molecule has 1 aromatic carbocycles. The zero-order valence-electron chi connectivity index (χ0n) is 6.50. The van der Waals surface area contributed by atoms with Crippen molar-refractivity contribution in [2.75, 3.05) is 5.48 Å². The third-order valence-corrected chi connectivity index (χ3v) is 1.53. The minimum Gasteiger partial charge on any atom is -0.410 e. The van der Waals surface area contributed by atoms with E-state index in [1.165, 1.54) is 5.48 Å². The van der Waals surface area contributed by atoms with Crippen molar-refractivity contribution in [3.8, 4) is 0 Å². The second-order valence-electron chi connectivity index (χ2n) is 2.15. The van der Waals surface area contributed by atoms with Crippen LogP contribution in [0.5, 0.6) is 0 Å². The largest absolute Gasteiger partial charge is 0.410 e. The van der Waals surface area contributed by atoms with E-state index in [9.17, 15) is 9.70 Å². The van der Waals surface area contributed by atoms with E-state index < -0.39 is 27.5 Å². The summed E-state index contributed by atoms with van der Waals surface area (Å²) in [5, 5.41) is 31.3. The highest BCUT2D eigenvalue weighted by Gasteiger charge is 2.18. The minimum absolute atomic E-state index is 0.607. The van der Waals surface area contributed by atoms with Crippen LogP contribution in [0, 0.1) is 4.91 Å². The number of rotatable bonds is 2. The third-order valence-electron chi connectivity index (χ3n) is 1.53. The quantitative estimate of drug-likeness (QED) is 0.265. The lowest BCUT2D eigenvalue weighted by atomic mass is 10.4.